The van der Waals surface area contributed by atoms with Crippen LogP contribution < -0.4 is 0 Å². The maximum absolute atomic E-state index is 12.3. The number of Topliss-reactive ketones (excluding diaryl/α,β-unsaturated/α-hetero) is 1. The van der Waals surface area contributed by atoms with Crippen molar-refractivity contribution in [2.75, 3.05) is 14.1 Å². The van der Waals surface area contributed by atoms with Gasteiger partial charge in [0.05, 0.1) is 27.8 Å². The lowest BCUT2D eigenvalue weighted by Crippen LogP contribution is -2.46. The van der Waals surface area contributed by atoms with Gasteiger partial charge in [-0.1, -0.05) is 0 Å². The first-order valence-electron chi connectivity index (χ1n) is 5.56. The highest BCUT2D eigenvalue weighted by Crippen LogP contribution is 2.23. The molecule has 0 spiro atoms. The van der Waals surface area contributed by atoms with Crippen molar-refractivity contribution in [1.29, 1.82) is 0 Å². The van der Waals surface area contributed by atoms with E-state index in [1.807, 2.05) is 46.8 Å². The summed E-state index contributed by atoms with van der Waals surface area (Å²) in [6.45, 7) is 5.80. The molecule has 4 nitrogen and oxygen atoms in total. The Hall–Kier alpha value is -0.680. The molecule has 1 aromatic heterocycles. The summed E-state index contributed by atoms with van der Waals surface area (Å²) in [6, 6.07) is 0. The van der Waals surface area contributed by atoms with Crippen molar-refractivity contribution in [3.05, 3.63) is 15.9 Å². The second kappa shape index (κ2) is 4.90. The van der Waals surface area contributed by atoms with Crippen LogP contribution in [0.1, 0.15) is 25.2 Å². The van der Waals surface area contributed by atoms with Crippen LogP contribution in [0.4, 0.5) is 0 Å². The van der Waals surface area contributed by atoms with E-state index in [1.54, 1.807) is 4.68 Å². The quantitative estimate of drug-likeness (QED) is 0.853. The highest BCUT2D eigenvalue weighted by atomic mass is 79.9. The fourth-order valence-corrected chi connectivity index (χ4v) is 1.97. The Kier molecular flexibility index (Phi) is 4.15. The van der Waals surface area contributed by atoms with E-state index in [9.17, 15) is 4.79 Å². The van der Waals surface area contributed by atoms with E-state index >= 15 is 0 Å². The van der Waals surface area contributed by atoms with Crippen molar-refractivity contribution in [3.8, 4) is 0 Å². The van der Waals surface area contributed by atoms with Crippen molar-refractivity contribution in [2.24, 2.45) is 7.05 Å². The van der Waals surface area contributed by atoms with Gasteiger partial charge < -0.3 is 0 Å². The lowest BCUT2D eigenvalue weighted by atomic mass is 9.94. The summed E-state index contributed by atoms with van der Waals surface area (Å²) in [6.07, 6.45) is 0.392. The largest absolute Gasteiger partial charge is 0.298 e. The fraction of sp³-hybridized carbons (Fsp3) is 0.667. The Morgan fingerprint density at radius 2 is 2.00 bits per heavy atom. The first-order valence-corrected chi connectivity index (χ1v) is 6.36. The molecule has 0 aliphatic carbocycles. The van der Waals surface area contributed by atoms with Gasteiger partial charge in [-0.3, -0.25) is 14.4 Å². The molecule has 1 aromatic rings. The number of carbonyl (C=O) groups excluding carboxylic acids is 1. The Morgan fingerprint density at radius 3 is 2.35 bits per heavy atom. The molecular weight excluding hydrogens is 282 g/mol. The van der Waals surface area contributed by atoms with Gasteiger partial charge in [0, 0.05) is 7.05 Å². The molecule has 0 aliphatic heterocycles. The summed E-state index contributed by atoms with van der Waals surface area (Å²) >= 11 is 3.48. The Balaban J connectivity index is 2.96. The Labute approximate surface area is 111 Å². The maximum atomic E-state index is 12.3. The summed E-state index contributed by atoms with van der Waals surface area (Å²) in [5.41, 5.74) is 1.39. The zero-order valence-corrected chi connectivity index (χ0v) is 12.9. The summed E-state index contributed by atoms with van der Waals surface area (Å²) in [5, 5.41) is 4.29. The van der Waals surface area contributed by atoms with Crippen molar-refractivity contribution < 1.29 is 4.79 Å². The van der Waals surface area contributed by atoms with Gasteiger partial charge in [-0.2, -0.15) is 5.10 Å². The van der Waals surface area contributed by atoms with E-state index in [4.69, 9.17) is 0 Å². The zero-order chi connectivity index (χ0) is 13.4. The van der Waals surface area contributed by atoms with E-state index < -0.39 is 5.54 Å². The third-order valence-corrected chi connectivity index (χ3v) is 4.42. The predicted octanol–water partition coefficient (Wildman–Crippen LogP) is 1.94. The minimum absolute atomic E-state index is 0.186. The zero-order valence-electron chi connectivity index (χ0n) is 11.3. The molecule has 0 aromatic carbocycles. The van der Waals surface area contributed by atoms with Gasteiger partial charge in [-0.05, 0) is 50.8 Å². The molecule has 0 atom stereocenters. The Morgan fingerprint density at radius 1 is 1.47 bits per heavy atom. The van der Waals surface area contributed by atoms with E-state index in [1.165, 1.54) is 0 Å². The normalized spacial score (nSPS) is 12.2. The number of ketones is 1. The van der Waals surface area contributed by atoms with Crippen LogP contribution in [0.3, 0.4) is 0 Å². The number of rotatable bonds is 4. The highest BCUT2D eigenvalue weighted by Gasteiger charge is 2.31. The van der Waals surface area contributed by atoms with Crippen LogP contribution in [-0.2, 0) is 18.3 Å². The lowest BCUT2D eigenvalue weighted by Gasteiger charge is -2.30. The topological polar surface area (TPSA) is 38.1 Å². The van der Waals surface area contributed by atoms with Gasteiger partial charge >= 0.3 is 0 Å². The number of aryl methyl sites for hydroxylation is 2. The number of likely N-dealkylation sites (N-methyl/N-ethyl adjacent to an activating group) is 1. The maximum Gasteiger partial charge on any atom is 0.158 e. The molecule has 0 amide bonds. The molecule has 1 heterocycles. The number of carbonyl (C=O) groups is 1. The smallest absolute Gasteiger partial charge is 0.158 e. The number of halogens is 1. The number of nitrogens with zero attached hydrogens (tertiary/aromatic N) is 3. The minimum Gasteiger partial charge on any atom is -0.298 e. The molecule has 0 aliphatic rings. The molecule has 0 radical (unpaired) electrons. The van der Waals surface area contributed by atoms with Crippen molar-refractivity contribution in [1.82, 2.24) is 14.7 Å². The van der Waals surface area contributed by atoms with E-state index in [0.717, 1.165) is 15.9 Å². The molecule has 0 fully saturated rings. The first kappa shape index (κ1) is 14.4. The van der Waals surface area contributed by atoms with Crippen LogP contribution in [0.15, 0.2) is 4.47 Å². The van der Waals surface area contributed by atoms with Crippen LogP contribution in [0.25, 0.3) is 0 Å². The van der Waals surface area contributed by atoms with Gasteiger partial charge in [-0.15, -0.1) is 0 Å². The molecule has 0 N–H and O–H groups in total. The second-order valence-electron chi connectivity index (χ2n) is 5.02. The molecule has 0 unspecified atom stereocenters. The van der Waals surface area contributed by atoms with Crippen LogP contribution in [0, 0.1) is 6.92 Å². The molecular formula is C12H20BrN3O. The summed E-state index contributed by atoms with van der Waals surface area (Å²) in [7, 11) is 5.70. The van der Waals surface area contributed by atoms with E-state index in [2.05, 4.69) is 21.0 Å². The third-order valence-electron chi connectivity index (χ3n) is 3.39. The summed E-state index contributed by atoms with van der Waals surface area (Å²) in [5.74, 6) is 0.186. The lowest BCUT2D eigenvalue weighted by molar-refractivity contribution is -0.127. The van der Waals surface area contributed by atoms with Crippen molar-refractivity contribution >= 4 is 21.7 Å². The number of hydrogen-bond donors (Lipinski definition) is 0. The van der Waals surface area contributed by atoms with Gasteiger partial charge in [0.2, 0.25) is 0 Å². The van der Waals surface area contributed by atoms with Crippen LogP contribution in [-0.4, -0.2) is 40.1 Å². The standard InChI is InChI=1S/C12H20BrN3O/c1-8-11(13)9(16(6)14-8)7-10(17)12(2,3)15(4)5/h7H2,1-6H3. The highest BCUT2D eigenvalue weighted by molar-refractivity contribution is 9.10. The van der Waals surface area contributed by atoms with Crippen LogP contribution in [0.5, 0.6) is 0 Å². The molecule has 5 heteroatoms. The third kappa shape index (κ3) is 2.77. The summed E-state index contributed by atoms with van der Waals surface area (Å²) in [4.78, 5) is 14.2. The SMILES string of the molecule is Cc1nn(C)c(CC(=O)C(C)(C)N(C)C)c1Br. The Bertz CT molecular complexity index is 435. The number of aromatic nitrogens is 2. The molecule has 0 bridgehead atoms. The predicted molar refractivity (Wildman–Crippen MR) is 72.1 cm³/mol. The summed E-state index contributed by atoms with van der Waals surface area (Å²) < 4.78 is 2.70. The fourth-order valence-electron chi connectivity index (χ4n) is 1.49. The average Bonchev–Trinajstić information content (AvgIpc) is 2.44. The van der Waals surface area contributed by atoms with Crippen LogP contribution >= 0.6 is 15.9 Å². The molecule has 0 saturated carbocycles. The van der Waals surface area contributed by atoms with Gasteiger partial charge in [-0.25, -0.2) is 0 Å². The average molecular weight is 302 g/mol. The molecule has 96 valence electrons. The van der Waals surface area contributed by atoms with Gasteiger partial charge in [0.1, 0.15) is 0 Å². The minimum atomic E-state index is -0.461. The first-order chi connectivity index (χ1) is 7.67. The van der Waals surface area contributed by atoms with Gasteiger partial charge in [0.15, 0.2) is 5.78 Å². The number of hydrogen-bond acceptors (Lipinski definition) is 3. The van der Waals surface area contributed by atoms with Crippen molar-refractivity contribution in [2.45, 2.75) is 32.7 Å². The molecule has 17 heavy (non-hydrogen) atoms. The molecule has 1 rings (SSSR count). The van der Waals surface area contributed by atoms with E-state index in [-0.39, 0.29) is 5.78 Å². The molecule has 0 saturated heterocycles. The van der Waals surface area contributed by atoms with Crippen LogP contribution in [0.2, 0.25) is 0 Å². The van der Waals surface area contributed by atoms with E-state index in [0.29, 0.717) is 6.42 Å². The second-order valence-corrected chi connectivity index (χ2v) is 5.82. The van der Waals surface area contributed by atoms with Crippen molar-refractivity contribution in [3.63, 3.8) is 0 Å². The monoisotopic (exact) mass is 301 g/mol. The van der Waals surface area contributed by atoms with Gasteiger partial charge in [0.25, 0.3) is 0 Å².